The second-order valence-corrected chi connectivity index (χ2v) is 8.90. The highest BCUT2D eigenvalue weighted by molar-refractivity contribution is 7.99. The molecule has 8 heteroatoms. The van der Waals surface area contributed by atoms with Gasteiger partial charge >= 0.3 is 0 Å². The van der Waals surface area contributed by atoms with Gasteiger partial charge in [0.05, 0.1) is 26.3 Å². The summed E-state index contributed by atoms with van der Waals surface area (Å²) in [5.74, 6) is 1.22. The highest BCUT2D eigenvalue weighted by Crippen LogP contribution is 2.21. The van der Waals surface area contributed by atoms with Gasteiger partial charge in [-0.15, -0.1) is 0 Å². The Hall–Kier alpha value is -0.990. The van der Waals surface area contributed by atoms with E-state index < -0.39 is 0 Å². The maximum Gasteiger partial charge on any atom is 0.236 e. The topological polar surface area (TPSA) is 60.4 Å². The molecule has 0 unspecified atom stereocenters. The molecule has 1 N–H and O–H groups in total. The quantitative estimate of drug-likeness (QED) is 0.533. The molecule has 2 fully saturated rings. The average molecular weight is 386 g/mol. The Bertz CT molecular complexity index is 472. The van der Waals surface area contributed by atoms with Crippen molar-refractivity contribution in [3.63, 3.8) is 0 Å². The molecule has 7 nitrogen and oxygen atoms in total. The van der Waals surface area contributed by atoms with E-state index in [4.69, 9.17) is 9.73 Å². The van der Waals surface area contributed by atoms with Crippen molar-refractivity contribution in [1.29, 1.82) is 0 Å². The van der Waals surface area contributed by atoms with Gasteiger partial charge in [0.25, 0.3) is 0 Å². The van der Waals surface area contributed by atoms with E-state index in [1.165, 1.54) is 0 Å². The SMILES string of the molecule is CCNC(=NCC(C)(C)SC)N1CCN(CC(=O)N2CCOCC2)CC1. The third-order valence-corrected chi connectivity index (χ3v) is 6.13. The van der Waals surface area contributed by atoms with Crippen LogP contribution in [0.25, 0.3) is 0 Å². The summed E-state index contributed by atoms with van der Waals surface area (Å²) < 4.78 is 5.47. The summed E-state index contributed by atoms with van der Waals surface area (Å²) in [6, 6.07) is 0. The number of nitrogens with zero attached hydrogens (tertiary/aromatic N) is 4. The van der Waals surface area contributed by atoms with Gasteiger partial charge in [-0.3, -0.25) is 14.7 Å². The zero-order valence-electron chi connectivity index (χ0n) is 16.8. The van der Waals surface area contributed by atoms with E-state index >= 15 is 0 Å². The third-order valence-electron chi connectivity index (χ3n) is 4.89. The molecular formula is C18H35N5O2S. The van der Waals surface area contributed by atoms with E-state index in [0.717, 1.165) is 58.3 Å². The second kappa shape index (κ2) is 10.4. The Balaban J connectivity index is 1.82. The summed E-state index contributed by atoms with van der Waals surface area (Å²) in [5.41, 5.74) is 0. The number of hydrogen-bond acceptors (Lipinski definition) is 5. The number of piperazine rings is 1. The Morgan fingerprint density at radius 3 is 2.35 bits per heavy atom. The molecule has 2 heterocycles. The van der Waals surface area contributed by atoms with Crippen LogP contribution in [0.5, 0.6) is 0 Å². The Morgan fingerprint density at radius 1 is 1.12 bits per heavy atom. The van der Waals surface area contributed by atoms with Crippen molar-refractivity contribution in [1.82, 2.24) is 20.0 Å². The number of hydrogen-bond donors (Lipinski definition) is 1. The first kappa shape index (κ1) is 21.3. The van der Waals surface area contributed by atoms with Crippen LogP contribution in [0, 0.1) is 0 Å². The van der Waals surface area contributed by atoms with Crippen molar-refractivity contribution in [2.45, 2.75) is 25.5 Å². The van der Waals surface area contributed by atoms with E-state index in [1.54, 1.807) is 0 Å². The molecule has 0 aliphatic carbocycles. The molecule has 0 atom stereocenters. The van der Waals surface area contributed by atoms with Crippen molar-refractivity contribution < 1.29 is 9.53 Å². The number of rotatable bonds is 6. The van der Waals surface area contributed by atoms with Crippen molar-refractivity contribution in [3.8, 4) is 0 Å². The number of morpholine rings is 1. The highest BCUT2D eigenvalue weighted by Gasteiger charge is 2.24. The van der Waals surface area contributed by atoms with Gasteiger partial charge < -0.3 is 19.9 Å². The molecule has 1 amide bonds. The zero-order valence-corrected chi connectivity index (χ0v) is 17.6. The molecule has 0 radical (unpaired) electrons. The van der Waals surface area contributed by atoms with Gasteiger partial charge in [0, 0.05) is 50.6 Å². The summed E-state index contributed by atoms with van der Waals surface area (Å²) in [4.78, 5) is 23.7. The number of carbonyl (C=O) groups excluding carboxylic acids is 1. The number of carbonyl (C=O) groups is 1. The van der Waals surface area contributed by atoms with E-state index in [-0.39, 0.29) is 10.7 Å². The van der Waals surface area contributed by atoms with E-state index in [9.17, 15) is 4.79 Å². The molecule has 0 saturated carbocycles. The average Bonchev–Trinajstić information content (AvgIpc) is 2.66. The predicted molar refractivity (Wildman–Crippen MR) is 109 cm³/mol. The van der Waals surface area contributed by atoms with Gasteiger partial charge in [-0.1, -0.05) is 0 Å². The largest absolute Gasteiger partial charge is 0.378 e. The molecule has 0 bridgehead atoms. The standard InChI is InChI=1S/C18H35N5O2S/c1-5-19-17(20-15-18(2,3)26-4)23-8-6-21(7-9-23)14-16(24)22-10-12-25-13-11-22/h5-15H2,1-4H3,(H,19,20). The molecule has 0 aromatic carbocycles. The lowest BCUT2D eigenvalue weighted by atomic mass is 10.2. The van der Waals surface area contributed by atoms with Crippen LogP contribution in [0.15, 0.2) is 4.99 Å². The lowest BCUT2D eigenvalue weighted by Gasteiger charge is -2.37. The Kier molecular flexibility index (Phi) is 8.50. The molecular weight excluding hydrogens is 350 g/mol. The number of thioether (sulfide) groups is 1. The van der Waals surface area contributed by atoms with Crippen molar-refractivity contribution in [2.24, 2.45) is 4.99 Å². The molecule has 2 rings (SSSR count). The minimum atomic E-state index is 0.146. The maximum absolute atomic E-state index is 12.4. The molecule has 0 spiro atoms. The lowest BCUT2D eigenvalue weighted by molar-refractivity contribution is -0.136. The van der Waals surface area contributed by atoms with E-state index in [1.807, 2.05) is 16.7 Å². The second-order valence-electron chi connectivity index (χ2n) is 7.39. The molecule has 0 aromatic heterocycles. The fourth-order valence-electron chi connectivity index (χ4n) is 2.98. The first-order valence-corrected chi connectivity index (χ1v) is 10.8. The number of amides is 1. The minimum Gasteiger partial charge on any atom is -0.378 e. The normalized spacial score (nSPS) is 20.4. The van der Waals surface area contributed by atoms with Crippen LogP contribution in [0.2, 0.25) is 0 Å². The summed E-state index contributed by atoms with van der Waals surface area (Å²) in [5, 5.41) is 3.42. The summed E-state index contributed by atoms with van der Waals surface area (Å²) >= 11 is 1.84. The van der Waals surface area contributed by atoms with Crippen LogP contribution in [0.3, 0.4) is 0 Å². The highest BCUT2D eigenvalue weighted by atomic mass is 32.2. The van der Waals surface area contributed by atoms with Gasteiger partial charge in [-0.25, -0.2) is 0 Å². The van der Waals surface area contributed by atoms with E-state index in [0.29, 0.717) is 19.8 Å². The smallest absolute Gasteiger partial charge is 0.236 e. The van der Waals surface area contributed by atoms with Crippen LogP contribution in [0.4, 0.5) is 0 Å². The molecule has 2 aliphatic rings. The molecule has 26 heavy (non-hydrogen) atoms. The minimum absolute atomic E-state index is 0.146. The lowest BCUT2D eigenvalue weighted by Crippen LogP contribution is -2.55. The number of ether oxygens (including phenoxy) is 1. The summed E-state index contributed by atoms with van der Waals surface area (Å²) in [7, 11) is 0. The van der Waals surface area contributed by atoms with E-state index in [2.05, 4.69) is 42.1 Å². The van der Waals surface area contributed by atoms with Gasteiger partial charge in [0.1, 0.15) is 0 Å². The molecule has 2 aliphatic heterocycles. The maximum atomic E-state index is 12.4. The fourth-order valence-corrected chi connectivity index (χ4v) is 3.17. The van der Waals surface area contributed by atoms with Crippen molar-refractivity contribution >= 4 is 23.6 Å². The van der Waals surface area contributed by atoms with Gasteiger partial charge in [0.15, 0.2) is 5.96 Å². The molecule has 150 valence electrons. The van der Waals surface area contributed by atoms with Crippen LogP contribution >= 0.6 is 11.8 Å². The number of aliphatic imine (C=N–C) groups is 1. The Morgan fingerprint density at radius 2 is 1.77 bits per heavy atom. The third kappa shape index (κ3) is 6.63. The Labute approximate surface area is 162 Å². The monoisotopic (exact) mass is 385 g/mol. The first-order valence-electron chi connectivity index (χ1n) is 9.61. The van der Waals surface area contributed by atoms with Gasteiger partial charge in [-0.05, 0) is 27.0 Å². The summed E-state index contributed by atoms with van der Waals surface area (Å²) in [6.45, 7) is 15.1. The summed E-state index contributed by atoms with van der Waals surface area (Å²) in [6.07, 6.45) is 2.13. The van der Waals surface area contributed by atoms with Gasteiger partial charge in [-0.2, -0.15) is 11.8 Å². The van der Waals surface area contributed by atoms with Crippen molar-refractivity contribution in [2.75, 3.05) is 78.4 Å². The number of nitrogens with one attached hydrogen (secondary N) is 1. The molecule has 0 aromatic rings. The van der Waals surface area contributed by atoms with Crippen LogP contribution in [-0.4, -0.2) is 110 Å². The molecule has 2 saturated heterocycles. The zero-order chi connectivity index (χ0) is 19.0. The first-order chi connectivity index (χ1) is 12.4. The number of guanidine groups is 1. The van der Waals surface area contributed by atoms with Crippen LogP contribution in [-0.2, 0) is 9.53 Å². The van der Waals surface area contributed by atoms with Crippen molar-refractivity contribution in [3.05, 3.63) is 0 Å². The fraction of sp³-hybridized carbons (Fsp3) is 0.889. The van der Waals surface area contributed by atoms with Crippen LogP contribution < -0.4 is 5.32 Å². The predicted octanol–water partition coefficient (Wildman–Crippen LogP) is 0.570. The van der Waals surface area contributed by atoms with Gasteiger partial charge in [0.2, 0.25) is 5.91 Å². The van der Waals surface area contributed by atoms with Crippen LogP contribution in [0.1, 0.15) is 20.8 Å².